The van der Waals surface area contributed by atoms with E-state index >= 15 is 0 Å². The molecule has 5 heteroatoms. The Labute approximate surface area is 130 Å². The second-order valence-electron chi connectivity index (χ2n) is 4.69. The highest BCUT2D eigenvalue weighted by Gasteiger charge is 2.11. The van der Waals surface area contributed by atoms with Gasteiger partial charge in [-0.15, -0.1) is 0 Å². The summed E-state index contributed by atoms with van der Waals surface area (Å²) in [6, 6.07) is 6.80. The maximum atomic E-state index is 5.18. The van der Waals surface area contributed by atoms with Gasteiger partial charge >= 0.3 is 0 Å². The molecule has 0 aromatic heterocycles. The summed E-state index contributed by atoms with van der Waals surface area (Å²) in [6.07, 6.45) is 0. The topological polar surface area (TPSA) is 33.7 Å². The lowest BCUT2D eigenvalue weighted by atomic mass is 10.1. The van der Waals surface area contributed by atoms with Crippen LogP contribution in [0.1, 0.15) is 18.5 Å². The van der Waals surface area contributed by atoms with E-state index in [9.17, 15) is 0 Å². The normalized spacial score (nSPS) is 12.4. The Hall–Kier alpha value is -0.620. The number of nitrogens with one attached hydrogen (secondary N) is 1. The quantitative estimate of drug-likeness (QED) is 0.746. The van der Waals surface area contributed by atoms with E-state index in [0.717, 1.165) is 17.6 Å². The third-order valence-electron chi connectivity index (χ3n) is 3.38. The summed E-state index contributed by atoms with van der Waals surface area (Å²) in [5.74, 6) is 0. The number of hydrogen-bond acceptors (Lipinski definition) is 4. The van der Waals surface area contributed by atoms with Crippen molar-refractivity contribution in [2.75, 3.05) is 52.5 Å². The maximum Gasteiger partial charge on any atom is 0.0637 e. The number of nitrogens with zero attached hydrogens (tertiary/aromatic N) is 1. The van der Waals surface area contributed by atoms with Gasteiger partial charge in [-0.2, -0.15) is 0 Å². The first-order chi connectivity index (χ1) is 9.63. The number of hydrogen-bond donors (Lipinski definition) is 1. The molecule has 1 unspecified atom stereocenters. The predicted molar refractivity (Wildman–Crippen MR) is 87.6 cm³/mol. The van der Waals surface area contributed by atoms with E-state index in [1.807, 2.05) is 7.05 Å². The molecule has 0 aliphatic carbocycles. The van der Waals surface area contributed by atoms with Gasteiger partial charge in [-0.25, -0.2) is 0 Å². The van der Waals surface area contributed by atoms with Crippen LogP contribution in [0.25, 0.3) is 0 Å². The molecule has 0 heterocycles. The number of methoxy groups -OCH3 is 2. The van der Waals surface area contributed by atoms with E-state index < -0.39 is 0 Å². The van der Waals surface area contributed by atoms with Gasteiger partial charge in [-0.1, -0.05) is 22.0 Å². The summed E-state index contributed by atoms with van der Waals surface area (Å²) in [4.78, 5) is 2.27. The molecule has 0 saturated heterocycles. The Morgan fingerprint density at radius 2 is 1.80 bits per heavy atom. The summed E-state index contributed by atoms with van der Waals surface area (Å²) in [6.45, 7) is 5.26. The average molecular weight is 345 g/mol. The fourth-order valence-corrected chi connectivity index (χ4v) is 2.70. The minimum atomic E-state index is 0.324. The van der Waals surface area contributed by atoms with Crippen LogP contribution in [0.2, 0.25) is 0 Å². The number of rotatable bonds is 9. The molecule has 0 spiro atoms. The highest BCUT2D eigenvalue weighted by Crippen LogP contribution is 2.28. The van der Waals surface area contributed by atoms with Crippen molar-refractivity contribution < 1.29 is 9.47 Å². The van der Waals surface area contributed by atoms with Crippen LogP contribution in [-0.4, -0.2) is 47.6 Å². The highest BCUT2D eigenvalue weighted by molar-refractivity contribution is 9.10. The Bertz CT molecular complexity index is 393. The molecule has 1 atom stereocenters. The molecule has 0 aliphatic heterocycles. The van der Waals surface area contributed by atoms with Crippen molar-refractivity contribution in [2.45, 2.75) is 13.0 Å². The predicted octanol–water partition coefficient (Wildman–Crippen LogP) is 2.83. The van der Waals surface area contributed by atoms with Gasteiger partial charge in [-0.3, -0.25) is 0 Å². The molecule has 20 heavy (non-hydrogen) atoms. The van der Waals surface area contributed by atoms with Crippen molar-refractivity contribution in [1.82, 2.24) is 5.32 Å². The van der Waals surface area contributed by atoms with Crippen LogP contribution >= 0.6 is 15.9 Å². The zero-order chi connectivity index (χ0) is 15.0. The zero-order valence-electron chi connectivity index (χ0n) is 12.8. The first-order valence-electron chi connectivity index (χ1n) is 6.83. The fourth-order valence-electron chi connectivity index (χ4n) is 1.99. The fraction of sp³-hybridized carbons (Fsp3) is 0.600. The van der Waals surface area contributed by atoms with Crippen LogP contribution in [0, 0.1) is 0 Å². The zero-order valence-corrected chi connectivity index (χ0v) is 14.4. The van der Waals surface area contributed by atoms with E-state index in [0.29, 0.717) is 19.3 Å². The molecule has 1 N–H and O–H groups in total. The smallest absolute Gasteiger partial charge is 0.0637 e. The standard InChI is InChI=1S/C15H25BrN2O2/c1-12(17-2)14-6-5-13(11-15(14)16)18(7-9-19-3)8-10-20-4/h5-6,11-12,17H,7-10H2,1-4H3. The largest absolute Gasteiger partial charge is 0.383 e. The summed E-state index contributed by atoms with van der Waals surface area (Å²) in [5.41, 5.74) is 2.44. The van der Waals surface area contributed by atoms with Crippen molar-refractivity contribution in [1.29, 1.82) is 0 Å². The van der Waals surface area contributed by atoms with E-state index in [-0.39, 0.29) is 0 Å². The summed E-state index contributed by atoms with van der Waals surface area (Å²) in [5, 5.41) is 3.26. The van der Waals surface area contributed by atoms with Crippen molar-refractivity contribution >= 4 is 21.6 Å². The Kier molecular flexibility index (Phi) is 8.14. The molecule has 114 valence electrons. The molecule has 0 saturated carbocycles. The minimum Gasteiger partial charge on any atom is -0.383 e. The molecule has 4 nitrogen and oxygen atoms in total. The average Bonchev–Trinajstić information content (AvgIpc) is 2.46. The van der Waals surface area contributed by atoms with Crippen molar-refractivity contribution in [3.8, 4) is 0 Å². The Balaban J connectivity index is 2.87. The lowest BCUT2D eigenvalue weighted by Gasteiger charge is -2.25. The van der Waals surface area contributed by atoms with Gasteiger partial charge in [0.2, 0.25) is 0 Å². The first-order valence-corrected chi connectivity index (χ1v) is 7.62. The molecule has 0 fully saturated rings. The number of benzene rings is 1. The molecule has 0 aliphatic rings. The summed E-state index contributed by atoms with van der Waals surface area (Å²) >= 11 is 3.66. The minimum absolute atomic E-state index is 0.324. The van der Waals surface area contributed by atoms with Crippen LogP contribution in [-0.2, 0) is 9.47 Å². The monoisotopic (exact) mass is 344 g/mol. The van der Waals surface area contributed by atoms with Gasteiger partial charge in [-0.05, 0) is 31.7 Å². The van der Waals surface area contributed by atoms with Gasteiger partial charge in [0.25, 0.3) is 0 Å². The number of anilines is 1. The van der Waals surface area contributed by atoms with E-state index in [1.54, 1.807) is 14.2 Å². The van der Waals surface area contributed by atoms with Gasteiger partial charge in [0.05, 0.1) is 13.2 Å². The van der Waals surface area contributed by atoms with Crippen LogP contribution in [0.15, 0.2) is 22.7 Å². The molecular formula is C15H25BrN2O2. The van der Waals surface area contributed by atoms with Gasteiger partial charge < -0.3 is 19.7 Å². The second kappa shape index (κ2) is 9.34. The highest BCUT2D eigenvalue weighted by atomic mass is 79.9. The SMILES string of the molecule is CNC(C)c1ccc(N(CCOC)CCOC)cc1Br. The third kappa shape index (κ3) is 5.05. The van der Waals surface area contributed by atoms with E-state index in [2.05, 4.69) is 51.3 Å². The maximum absolute atomic E-state index is 5.18. The van der Waals surface area contributed by atoms with Crippen LogP contribution in [0.3, 0.4) is 0 Å². The van der Waals surface area contributed by atoms with Crippen molar-refractivity contribution in [3.05, 3.63) is 28.2 Å². The first kappa shape index (κ1) is 17.4. The van der Waals surface area contributed by atoms with Crippen LogP contribution < -0.4 is 10.2 Å². The Morgan fingerprint density at radius 1 is 1.20 bits per heavy atom. The van der Waals surface area contributed by atoms with E-state index in [1.165, 1.54) is 11.3 Å². The number of ether oxygens (including phenoxy) is 2. The lowest BCUT2D eigenvalue weighted by molar-refractivity contribution is 0.190. The molecule has 1 aromatic carbocycles. The Morgan fingerprint density at radius 3 is 2.25 bits per heavy atom. The van der Waals surface area contributed by atoms with Crippen molar-refractivity contribution in [2.24, 2.45) is 0 Å². The molecule has 0 radical (unpaired) electrons. The molecule has 1 rings (SSSR count). The second-order valence-corrected chi connectivity index (χ2v) is 5.54. The van der Waals surface area contributed by atoms with E-state index in [4.69, 9.17) is 9.47 Å². The summed E-state index contributed by atoms with van der Waals surface area (Å²) in [7, 11) is 5.42. The van der Waals surface area contributed by atoms with Gasteiger partial charge in [0.1, 0.15) is 0 Å². The molecule has 1 aromatic rings. The summed E-state index contributed by atoms with van der Waals surface area (Å²) < 4.78 is 11.5. The van der Waals surface area contributed by atoms with Crippen LogP contribution in [0.4, 0.5) is 5.69 Å². The van der Waals surface area contributed by atoms with Crippen LogP contribution in [0.5, 0.6) is 0 Å². The molecular weight excluding hydrogens is 320 g/mol. The van der Waals surface area contributed by atoms with Crippen molar-refractivity contribution in [3.63, 3.8) is 0 Å². The van der Waals surface area contributed by atoms with Gasteiger partial charge in [0, 0.05) is 43.5 Å². The lowest BCUT2D eigenvalue weighted by Crippen LogP contribution is -2.30. The third-order valence-corrected chi connectivity index (χ3v) is 4.07. The molecule has 0 bridgehead atoms. The molecule has 0 amide bonds. The van der Waals surface area contributed by atoms with Gasteiger partial charge in [0.15, 0.2) is 0 Å². The number of halogens is 1.